The molecule has 49 heavy (non-hydrogen) atoms. The van der Waals surface area contributed by atoms with Gasteiger partial charge in [-0.15, -0.1) is 0 Å². The van der Waals surface area contributed by atoms with Crippen LogP contribution in [-0.2, 0) is 28.8 Å². The third-order valence-electron chi connectivity index (χ3n) is 7.40. The quantitative estimate of drug-likeness (QED) is 0.0244. The Morgan fingerprint density at radius 3 is 1.27 bits per heavy atom. The molecule has 1 aromatic rings. The number of ketones is 2. The van der Waals surface area contributed by atoms with Crippen LogP contribution in [0.4, 0.5) is 5.69 Å². The summed E-state index contributed by atoms with van der Waals surface area (Å²) in [6, 6.07) is 1.67. The van der Waals surface area contributed by atoms with Crippen LogP contribution in [-0.4, -0.2) is 79.8 Å². The molecule has 268 valence electrons. The molecule has 0 spiro atoms. The molecule has 1 aromatic carbocycles. The van der Waals surface area contributed by atoms with Crippen LogP contribution in [0.2, 0.25) is 0 Å². The van der Waals surface area contributed by atoms with Crippen LogP contribution in [0.15, 0.2) is 23.3 Å². The molecule has 0 aliphatic rings. The zero-order valence-electron chi connectivity index (χ0n) is 27.1. The first-order chi connectivity index (χ1) is 23.2. The average molecular weight is 690 g/mol. The number of amides is 2. The molecule has 0 heterocycles. The van der Waals surface area contributed by atoms with Crippen molar-refractivity contribution in [1.29, 1.82) is 0 Å². The number of carbonyl (C=O) groups excluding carboxylic acids is 4. The van der Waals surface area contributed by atoms with E-state index in [-0.39, 0.29) is 66.9 Å². The van der Waals surface area contributed by atoms with E-state index < -0.39 is 60.6 Å². The molecule has 0 aliphatic heterocycles. The smallest absolute Gasteiger partial charge is 0.326 e. The van der Waals surface area contributed by atoms with E-state index in [1.54, 1.807) is 0 Å². The Morgan fingerprint density at radius 1 is 0.571 bits per heavy atom. The van der Waals surface area contributed by atoms with Gasteiger partial charge in [-0.25, -0.2) is 9.59 Å². The molecule has 1 rings (SSSR count). The Hall–Kier alpha value is -5.31. The largest absolute Gasteiger partial charge is 0.481 e. The van der Waals surface area contributed by atoms with Crippen molar-refractivity contribution in [2.24, 2.45) is 5.11 Å². The van der Waals surface area contributed by atoms with Crippen molar-refractivity contribution in [1.82, 2.24) is 10.6 Å². The van der Waals surface area contributed by atoms with Crippen LogP contribution < -0.4 is 10.6 Å². The predicted molar refractivity (Wildman–Crippen MR) is 172 cm³/mol. The number of carboxylic acids is 4. The summed E-state index contributed by atoms with van der Waals surface area (Å²) in [4.78, 5) is 96.3. The number of nitrogens with zero attached hydrogens (tertiary/aromatic N) is 3. The van der Waals surface area contributed by atoms with Crippen molar-refractivity contribution in [3.8, 4) is 0 Å². The van der Waals surface area contributed by atoms with Crippen LogP contribution in [0.3, 0.4) is 0 Å². The van der Waals surface area contributed by atoms with Crippen molar-refractivity contribution < 1.29 is 58.8 Å². The van der Waals surface area contributed by atoms with Gasteiger partial charge < -0.3 is 31.1 Å². The van der Waals surface area contributed by atoms with Gasteiger partial charge in [0.05, 0.1) is 0 Å². The zero-order valence-corrected chi connectivity index (χ0v) is 27.1. The van der Waals surface area contributed by atoms with Gasteiger partial charge in [0, 0.05) is 60.3 Å². The fraction of sp³-hybridized carbons (Fsp3) is 0.562. The number of rotatable bonds is 27. The Balaban J connectivity index is 2.50. The summed E-state index contributed by atoms with van der Waals surface area (Å²) in [5.74, 6) is -6.51. The molecule has 0 radical (unpaired) electrons. The van der Waals surface area contributed by atoms with Crippen molar-refractivity contribution >= 4 is 52.9 Å². The van der Waals surface area contributed by atoms with Crippen molar-refractivity contribution in [2.75, 3.05) is 0 Å². The lowest BCUT2D eigenvalue weighted by atomic mass is 9.97. The van der Waals surface area contributed by atoms with Crippen molar-refractivity contribution in [3.63, 3.8) is 0 Å². The summed E-state index contributed by atoms with van der Waals surface area (Å²) in [7, 11) is 0. The third-order valence-corrected chi connectivity index (χ3v) is 7.40. The number of nitrogens with one attached hydrogen (secondary N) is 2. The first-order valence-electron chi connectivity index (χ1n) is 16.0. The minimum atomic E-state index is -1.31. The summed E-state index contributed by atoms with van der Waals surface area (Å²) < 4.78 is 0. The van der Waals surface area contributed by atoms with E-state index in [9.17, 15) is 38.4 Å². The van der Waals surface area contributed by atoms with Gasteiger partial charge in [-0.05, 0) is 62.3 Å². The molecule has 17 nitrogen and oxygen atoms in total. The minimum absolute atomic E-state index is 0.0448. The number of carbonyl (C=O) groups is 8. The Kier molecular flexibility index (Phi) is 19.7. The van der Waals surface area contributed by atoms with Gasteiger partial charge in [0.1, 0.15) is 12.1 Å². The highest BCUT2D eigenvalue weighted by molar-refractivity contribution is 6.02. The summed E-state index contributed by atoms with van der Waals surface area (Å²) in [6.45, 7) is 0. The summed E-state index contributed by atoms with van der Waals surface area (Å²) >= 11 is 0. The number of hydrogen-bond donors (Lipinski definition) is 6. The van der Waals surface area contributed by atoms with E-state index >= 15 is 0 Å². The summed E-state index contributed by atoms with van der Waals surface area (Å²) in [5, 5.41) is 43.9. The summed E-state index contributed by atoms with van der Waals surface area (Å²) in [6.07, 6.45) is 3.28. The van der Waals surface area contributed by atoms with Crippen LogP contribution in [0.5, 0.6) is 0 Å². The lowest BCUT2D eigenvalue weighted by molar-refractivity contribution is -0.144. The first kappa shape index (κ1) is 41.7. The van der Waals surface area contributed by atoms with E-state index in [0.717, 1.165) is 0 Å². The van der Waals surface area contributed by atoms with E-state index in [2.05, 4.69) is 20.7 Å². The average Bonchev–Trinajstić information content (AvgIpc) is 3.03. The van der Waals surface area contributed by atoms with Crippen LogP contribution in [0, 0.1) is 0 Å². The Morgan fingerprint density at radius 2 is 0.939 bits per heavy atom. The molecule has 0 aliphatic carbocycles. The van der Waals surface area contributed by atoms with Crippen LogP contribution >= 0.6 is 0 Å². The highest BCUT2D eigenvalue weighted by Gasteiger charge is 2.22. The van der Waals surface area contributed by atoms with Gasteiger partial charge in [-0.2, -0.15) is 0 Å². The highest BCUT2D eigenvalue weighted by atomic mass is 16.4. The second-order valence-corrected chi connectivity index (χ2v) is 11.4. The Bertz CT molecular complexity index is 1310. The molecule has 2 atom stereocenters. The van der Waals surface area contributed by atoms with E-state index in [1.165, 1.54) is 18.2 Å². The topological polar surface area (TPSA) is 290 Å². The third kappa shape index (κ3) is 18.6. The predicted octanol–water partition coefficient (Wildman–Crippen LogP) is 4.54. The van der Waals surface area contributed by atoms with Crippen LogP contribution in [0.1, 0.15) is 123 Å². The van der Waals surface area contributed by atoms with Gasteiger partial charge in [-0.1, -0.05) is 30.8 Å². The Labute approximate surface area is 282 Å². The molecule has 6 N–H and O–H groups in total. The van der Waals surface area contributed by atoms with E-state index in [1.807, 2.05) is 0 Å². The number of azide groups is 1. The monoisotopic (exact) mass is 689 g/mol. The molecule has 2 amide bonds. The number of carboxylic acid groups (broad SMARTS) is 4. The fourth-order valence-electron chi connectivity index (χ4n) is 4.76. The zero-order chi connectivity index (χ0) is 36.8. The van der Waals surface area contributed by atoms with Gasteiger partial charge in [0.25, 0.3) is 0 Å². The number of benzene rings is 1. The lowest BCUT2D eigenvalue weighted by Gasteiger charge is -2.13. The molecule has 0 saturated carbocycles. The number of Topliss-reactive ketones (excluding diaryl/α,β-unsaturated/α-hetero) is 2. The van der Waals surface area contributed by atoms with Crippen molar-refractivity contribution in [2.45, 2.75) is 115 Å². The first-order valence-corrected chi connectivity index (χ1v) is 16.0. The molecule has 0 bridgehead atoms. The molecule has 17 heteroatoms. The minimum Gasteiger partial charge on any atom is -0.481 e. The maximum absolute atomic E-state index is 12.9. The summed E-state index contributed by atoms with van der Waals surface area (Å²) in [5.41, 5.74) is 9.41. The van der Waals surface area contributed by atoms with E-state index in [0.29, 0.717) is 51.4 Å². The molecule has 0 fully saturated rings. The molecular weight excluding hydrogens is 646 g/mol. The molecule has 0 aromatic heterocycles. The van der Waals surface area contributed by atoms with Gasteiger partial charge in [-0.3, -0.25) is 28.8 Å². The standard InChI is InChI=1S/C32H43N5O12/c33-37-36-22-18-20(25(38)9-5-1-3-7-11-27(40)34-23(31(46)47)13-15-29(42)43)17-21(19-22)26(39)10-6-2-4-8-12-28(41)35-24(32(48)49)14-16-30(44)45/h17-19,23-24H,1-16H2,(H,34,40)(H,35,41)(H,42,43)(H,44,45)(H,46,47)(H,48,49)/t23-,24-/m0/s1. The van der Waals surface area contributed by atoms with E-state index in [4.69, 9.17) is 26.0 Å². The van der Waals surface area contributed by atoms with Crippen LogP contribution in [0.25, 0.3) is 10.4 Å². The second kappa shape index (κ2) is 23.1. The molecule has 0 unspecified atom stereocenters. The second-order valence-electron chi connectivity index (χ2n) is 11.4. The molecular formula is C32H43N5O12. The maximum atomic E-state index is 12.9. The van der Waals surface area contributed by atoms with Gasteiger partial charge >= 0.3 is 23.9 Å². The fourth-order valence-corrected chi connectivity index (χ4v) is 4.76. The SMILES string of the molecule is [N-]=[N+]=Nc1cc(C(=O)CCCCCCC(=O)N[C@@H](CCC(=O)O)C(=O)O)cc(C(=O)CCCCCCC(=O)N[C@@H](CCC(=O)O)C(=O)O)c1. The maximum Gasteiger partial charge on any atom is 0.326 e. The number of unbranched alkanes of at least 4 members (excludes halogenated alkanes) is 6. The number of hydrogen-bond acceptors (Lipinski definition) is 9. The van der Waals surface area contributed by atoms with Gasteiger partial charge in [0.2, 0.25) is 11.8 Å². The highest BCUT2D eigenvalue weighted by Crippen LogP contribution is 2.22. The normalized spacial score (nSPS) is 11.8. The van der Waals surface area contributed by atoms with Crippen molar-refractivity contribution in [3.05, 3.63) is 39.8 Å². The van der Waals surface area contributed by atoms with Gasteiger partial charge in [0.15, 0.2) is 11.6 Å². The number of aliphatic carboxylic acids is 4. The molecule has 0 saturated heterocycles. The lowest BCUT2D eigenvalue weighted by Crippen LogP contribution is -2.41.